The fraction of sp³-hybridized carbons (Fsp3) is 0.493. The van der Waals surface area contributed by atoms with Crippen LogP contribution in [0.5, 0.6) is 0 Å². The molecule has 13 nitrogen and oxygen atoms in total. The summed E-state index contributed by atoms with van der Waals surface area (Å²) in [6.45, 7) is 18.5. The molecule has 81 heavy (non-hydrogen) atoms. The number of hydrogen-bond donors (Lipinski definition) is 3. The zero-order chi connectivity index (χ0) is 59.3. The third-order valence-electron chi connectivity index (χ3n) is 15.3. The maximum Gasteiger partial charge on any atom is 0.311 e. The molecule has 13 atom stereocenters. The molecule has 438 valence electrons. The van der Waals surface area contributed by atoms with E-state index in [1.54, 1.807) is 32.9 Å². The van der Waals surface area contributed by atoms with Gasteiger partial charge in [-0.25, -0.2) is 0 Å². The molecule has 0 spiro atoms. The standard InChI is InChI=1S/C34H42O6.C33H43BrO7/c1-6-29-24(2)14-13-19-30(38-22-27-15-9-7-10-16-27)25(3)21-34(5,37)32(35)20-31(26(4)33(36)40-29)39-23-28-17-11-8-12-18-28;1-6-30-33(5,38)28(34)17-26(39-20-24-13-9-7-10-14-24)22(2)19-32(4,37)29(35)18-27(23(3)31(36)41-30)40-21-25-15-11-8-12-16-25/h7-12,15-19,25-26,29-31,37H,6,20-23H2,1-5H3;7-17,22-23,26-27,30,37-38H,6,18-21H2,1-5H3/b;28-17-/t25-,26-,29-,30-,31+,34-;22-,23-,26-,27+,30-,32-,33+/m11/s1. The zero-order valence-electron chi connectivity index (χ0n) is 48.8. The summed E-state index contributed by atoms with van der Waals surface area (Å²) < 4.78 is 36.8. The fourth-order valence-corrected chi connectivity index (χ4v) is 10.3. The molecule has 2 aliphatic heterocycles. The summed E-state index contributed by atoms with van der Waals surface area (Å²) in [4.78, 5) is 53.6. The normalized spacial score (nSPS) is 30.9. The first-order valence-electron chi connectivity index (χ1n) is 28.3. The highest BCUT2D eigenvalue weighted by atomic mass is 79.9. The van der Waals surface area contributed by atoms with Crippen molar-refractivity contribution in [1.29, 1.82) is 0 Å². The molecule has 3 N–H and O–H groups in total. The van der Waals surface area contributed by atoms with Crippen molar-refractivity contribution in [3.8, 4) is 0 Å². The van der Waals surface area contributed by atoms with E-state index in [4.69, 9.17) is 28.4 Å². The van der Waals surface area contributed by atoms with Crippen LogP contribution in [0.2, 0.25) is 0 Å². The van der Waals surface area contributed by atoms with E-state index in [1.165, 1.54) is 13.8 Å². The average molecular weight is 1180 g/mol. The van der Waals surface area contributed by atoms with Crippen LogP contribution in [0.4, 0.5) is 0 Å². The minimum Gasteiger partial charge on any atom is -0.459 e. The van der Waals surface area contributed by atoms with Gasteiger partial charge in [0.05, 0.1) is 62.7 Å². The molecule has 0 amide bonds. The van der Waals surface area contributed by atoms with Gasteiger partial charge in [-0.2, -0.15) is 0 Å². The summed E-state index contributed by atoms with van der Waals surface area (Å²) >= 11 is 3.53. The Hall–Kier alpha value is -5.60. The molecule has 0 aromatic heterocycles. The van der Waals surface area contributed by atoms with E-state index in [2.05, 4.69) is 27.4 Å². The summed E-state index contributed by atoms with van der Waals surface area (Å²) in [5.41, 5.74) is 5.81. The fourth-order valence-electron chi connectivity index (χ4n) is 9.78. The van der Waals surface area contributed by atoms with Crippen molar-refractivity contribution in [3.63, 3.8) is 0 Å². The van der Waals surface area contributed by atoms with E-state index in [0.29, 0.717) is 30.5 Å². The number of carbonyl (C=O) groups excluding carboxylic acids is 4. The zero-order valence-corrected chi connectivity index (χ0v) is 50.4. The maximum atomic E-state index is 13.5. The summed E-state index contributed by atoms with van der Waals surface area (Å²) in [6, 6.07) is 38.5. The Morgan fingerprint density at radius 1 is 0.556 bits per heavy atom. The Balaban J connectivity index is 0.000000297. The second kappa shape index (κ2) is 31.7. The van der Waals surface area contributed by atoms with E-state index in [-0.39, 0.29) is 50.7 Å². The highest BCUT2D eigenvalue weighted by molar-refractivity contribution is 9.11. The van der Waals surface area contributed by atoms with Gasteiger partial charge in [0.25, 0.3) is 0 Å². The highest BCUT2D eigenvalue weighted by Gasteiger charge is 2.43. The molecular weight excluding hydrogens is 1090 g/mol. The molecule has 4 aromatic carbocycles. The molecule has 2 heterocycles. The Labute approximate surface area is 488 Å². The molecule has 6 rings (SSSR count). The summed E-state index contributed by atoms with van der Waals surface area (Å²) in [5.74, 6) is -3.96. The van der Waals surface area contributed by atoms with Gasteiger partial charge in [0, 0.05) is 22.9 Å². The van der Waals surface area contributed by atoms with Gasteiger partial charge >= 0.3 is 11.9 Å². The smallest absolute Gasteiger partial charge is 0.311 e. The van der Waals surface area contributed by atoms with Crippen LogP contribution < -0.4 is 0 Å². The van der Waals surface area contributed by atoms with Crippen molar-refractivity contribution < 1.29 is 62.9 Å². The van der Waals surface area contributed by atoms with Crippen molar-refractivity contribution in [2.24, 2.45) is 23.7 Å². The number of ketones is 2. The van der Waals surface area contributed by atoms with Gasteiger partial charge in [0.1, 0.15) is 29.0 Å². The van der Waals surface area contributed by atoms with Gasteiger partial charge in [-0.3, -0.25) is 19.2 Å². The maximum absolute atomic E-state index is 13.5. The molecule has 0 saturated carbocycles. The molecule has 0 bridgehead atoms. The first-order valence-corrected chi connectivity index (χ1v) is 29.1. The van der Waals surface area contributed by atoms with Crippen molar-refractivity contribution in [3.05, 3.63) is 177 Å². The molecular formula is C67H85BrO13. The van der Waals surface area contributed by atoms with Gasteiger partial charge in [-0.1, -0.05) is 176 Å². The Morgan fingerprint density at radius 3 is 1.32 bits per heavy atom. The summed E-state index contributed by atoms with van der Waals surface area (Å²) in [6.07, 6.45) is 0.399. The minimum absolute atomic E-state index is 0.103. The quantitative estimate of drug-likeness (QED) is 0.0801. The highest BCUT2D eigenvalue weighted by Crippen LogP contribution is 2.36. The third kappa shape index (κ3) is 20.4. The number of esters is 2. The lowest BCUT2D eigenvalue weighted by atomic mass is 9.82. The molecule has 4 aromatic rings. The first-order chi connectivity index (χ1) is 38.4. The van der Waals surface area contributed by atoms with Crippen molar-refractivity contribution in [2.75, 3.05) is 0 Å². The van der Waals surface area contributed by atoms with E-state index in [1.807, 2.05) is 156 Å². The van der Waals surface area contributed by atoms with Gasteiger partial charge < -0.3 is 43.7 Å². The number of ether oxygens (including phenoxy) is 6. The molecule has 0 unspecified atom stereocenters. The second-order valence-corrected chi connectivity index (χ2v) is 23.2. The average Bonchev–Trinajstić information content (AvgIpc) is 3.49. The Morgan fingerprint density at radius 2 is 0.926 bits per heavy atom. The van der Waals surface area contributed by atoms with E-state index in [0.717, 1.165) is 27.8 Å². The Kier molecular flexibility index (Phi) is 25.9. The number of halogens is 1. The van der Waals surface area contributed by atoms with Crippen molar-refractivity contribution in [2.45, 2.75) is 188 Å². The second-order valence-electron chi connectivity index (χ2n) is 22.4. The minimum atomic E-state index is -1.70. The third-order valence-corrected chi connectivity index (χ3v) is 16.3. The van der Waals surface area contributed by atoms with Crippen LogP contribution in [0.15, 0.2) is 155 Å². The van der Waals surface area contributed by atoms with Gasteiger partial charge in [-0.05, 0) is 113 Å². The van der Waals surface area contributed by atoms with Crippen LogP contribution in [0.3, 0.4) is 0 Å². The van der Waals surface area contributed by atoms with Gasteiger partial charge in [-0.15, -0.1) is 0 Å². The Bertz CT molecular complexity index is 2750. The van der Waals surface area contributed by atoms with Crippen LogP contribution in [0.1, 0.15) is 130 Å². The molecule has 14 heteroatoms. The van der Waals surface area contributed by atoms with Crippen LogP contribution in [0, 0.1) is 23.7 Å². The van der Waals surface area contributed by atoms with Crippen molar-refractivity contribution >= 4 is 39.4 Å². The number of hydrogen-bond acceptors (Lipinski definition) is 13. The van der Waals surface area contributed by atoms with Crippen molar-refractivity contribution in [1.82, 2.24) is 0 Å². The lowest BCUT2D eigenvalue weighted by Crippen LogP contribution is -2.47. The molecule has 0 radical (unpaired) electrons. The topological polar surface area (TPSA) is 184 Å². The number of rotatable bonds is 14. The van der Waals surface area contributed by atoms with Crippen LogP contribution >= 0.6 is 15.9 Å². The number of cyclic esters (lactones) is 2. The van der Waals surface area contributed by atoms with E-state index < -0.39 is 88.8 Å². The number of benzene rings is 4. The van der Waals surface area contributed by atoms with Crippen LogP contribution in [-0.2, 0) is 74.0 Å². The monoisotopic (exact) mass is 1180 g/mol. The number of aliphatic hydroxyl groups is 3. The predicted octanol–water partition coefficient (Wildman–Crippen LogP) is 12.0. The van der Waals surface area contributed by atoms with Crippen LogP contribution in [0.25, 0.3) is 0 Å². The molecule has 0 aliphatic carbocycles. The largest absolute Gasteiger partial charge is 0.459 e. The lowest BCUT2D eigenvalue weighted by molar-refractivity contribution is -0.171. The SMILES string of the molecule is CC[C@H]1OC(=O)[C@H](C)[C@@H](OCc2ccccc2)CC(=O)[C@](C)(O)C[C@@H](C)[C@H](OCc2ccccc2)/C=C(\Br)[C@]1(C)O.CC[C@H]1OC(=O)[C@H](C)[C@@H](OCc2ccccc2)CC(=O)[C@](C)(O)C[C@@H](C)[C@H](OCc2ccccc2)C=C=C=C1C. The first kappa shape index (κ1) is 66.2. The van der Waals surface area contributed by atoms with E-state index >= 15 is 0 Å². The van der Waals surface area contributed by atoms with Crippen LogP contribution in [-0.4, -0.2) is 92.3 Å². The number of carbonyl (C=O) groups is 4. The van der Waals surface area contributed by atoms with E-state index in [9.17, 15) is 34.5 Å². The summed E-state index contributed by atoms with van der Waals surface area (Å²) in [5, 5.41) is 34.3. The number of Topliss-reactive ketones (excluding diaryl/α,β-unsaturated/α-hetero) is 2. The molecule has 2 aliphatic rings. The summed E-state index contributed by atoms with van der Waals surface area (Å²) in [7, 11) is 0. The van der Waals surface area contributed by atoms with Gasteiger partial charge in [0.2, 0.25) is 0 Å². The lowest BCUT2D eigenvalue weighted by Gasteiger charge is -2.36. The molecule has 0 fully saturated rings. The predicted molar refractivity (Wildman–Crippen MR) is 315 cm³/mol. The van der Waals surface area contributed by atoms with Gasteiger partial charge in [0.15, 0.2) is 11.6 Å². The molecule has 0 saturated heterocycles.